The van der Waals surface area contributed by atoms with E-state index in [1.807, 2.05) is 40.7 Å². The molecule has 1 heterocycles. The number of benzene rings is 2. The summed E-state index contributed by atoms with van der Waals surface area (Å²) in [7, 11) is -3.55. The van der Waals surface area contributed by atoms with Gasteiger partial charge in [0.2, 0.25) is 10.0 Å². The summed E-state index contributed by atoms with van der Waals surface area (Å²) < 4.78 is 29.2. The number of aryl methyl sites for hydroxylation is 2. The fraction of sp³-hybridized carbons (Fsp3) is 0.538. The number of hydrogen-bond acceptors (Lipinski definition) is 3. The summed E-state index contributed by atoms with van der Waals surface area (Å²) >= 11 is 0. The minimum atomic E-state index is -3.55. The molecular formula is C26H38N2O2S. The van der Waals surface area contributed by atoms with Crippen LogP contribution in [0.3, 0.4) is 0 Å². The molecule has 5 heteroatoms. The molecule has 0 radical (unpaired) electrons. The van der Waals surface area contributed by atoms with Crippen molar-refractivity contribution in [3.05, 3.63) is 56.1 Å². The lowest BCUT2D eigenvalue weighted by molar-refractivity contribution is 0.306. The molecule has 0 amide bonds. The van der Waals surface area contributed by atoms with Crippen LogP contribution in [0.5, 0.6) is 0 Å². The summed E-state index contributed by atoms with van der Waals surface area (Å²) in [4.78, 5) is 2.88. The molecule has 31 heavy (non-hydrogen) atoms. The first-order valence-corrected chi connectivity index (χ1v) is 12.7. The number of rotatable bonds is 3. The molecule has 3 rings (SSSR count). The van der Waals surface area contributed by atoms with Gasteiger partial charge in [-0.2, -0.15) is 4.31 Å². The number of anilines is 1. The highest BCUT2D eigenvalue weighted by molar-refractivity contribution is 7.89. The molecule has 2 aromatic rings. The molecule has 0 N–H and O–H groups in total. The lowest BCUT2D eigenvalue weighted by Crippen LogP contribution is -2.54. The Bertz CT molecular complexity index is 1120. The van der Waals surface area contributed by atoms with E-state index in [0.29, 0.717) is 24.5 Å². The van der Waals surface area contributed by atoms with Gasteiger partial charge in [0.25, 0.3) is 0 Å². The van der Waals surface area contributed by atoms with E-state index < -0.39 is 10.0 Å². The van der Waals surface area contributed by atoms with Crippen LogP contribution in [0.15, 0.2) is 11.0 Å². The average molecular weight is 443 g/mol. The second-order valence-corrected chi connectivity index (χ2v) is 11.3. The number of nitrogens with zero attached hydrogens (tertiary/aromatic N) is 2. The van der Waals surface area contributed by atoms with Gasteiger partial charge in [-0.15, -0.1) is 0 Å². The largest absolute Gasteiger partial charge is 0.368 e. The quantitative estimate of drug-likeness (QED) is 0.642. The van der Waals surface area contributed by atoms with E-state index in [1.165, 1.54) is 33.5 Å². The predicted octanol–water partition coefficient (Wildman–Crippen LogP) is 5.36. The third kappa shape index (κ3) is 3.80. The third-order valence-corrected chi connectivity index (χ3v) is 10.00. The Balaban J connectivity index is 1.98. The molecule has 0 unspecified atom stereocenters. The van der Waals surface area contributed by atoms with Crippen molar-refractivity contribution in [1.29, 1.82) is 0 Å². The molecular weight excluding hydrogens is 404 g/mol. The van der Waals surface area contributed by atoms with E-state index in [-0.39, 0.29) is 6.04 Å². The van der Waals surface area contributed by atoms with Crippen molar-refractivity contribution in [2.45, 2.75) is 80.2 Å². The molecule has 0 bridgehead atoms. The lowest BCUT2D eigenvalue weighted by Gasteiger charge is -2.42. The molecule has 1 saturated heterocycles. The third-order valence-electron chi connectivity index (χ3n) is 7.70. The van der Waals surface area contributed by atoms with Gasteiger partial charge in [-0.05, 0) is 119 Å². The number of sulfonamides is 1. The molecule has 170 valence electrons. The first kappa shape index (κ1) is 23.8. The molecule has 0 saturated carbocycles. The van der Waals surface area contributed by atoms with Crippen LogP contribution in [-0.2, 0) is 10.0 Å². The van der Waals surface area contributed by atoms with Gasteiger partial charge in [-0.3, -0.25) is 0 Å². The topological polar surface area (TPSA) is 40.6 Å². The highest BCUT2D eigenvalue weighted by atomic mass is 32.2. The molecule has 1 aliphatic rings. The van der Waals surface area contributed by atoms with E-state index >= 15 is 0 Å². The van der Waals surface area contributed by atoms with E-state index in [1.54, 1.807) is 4.31 Å². The van der Waals surface area contributed by atoms with Crippen LogP contribution in [0.2, 0.25) is 0 Å². The number of hydrogen-bond donors (Lipinski definition) is 0. The summed E-state index contributed by atoms with van der Waals surface area (Å²) in [6, 6.07) is 1.90. The summed E-state index contributed by atoms with van der Waals surface area (Å²) in [5.41, 5.74) is 11.8. The maximum atomic E-state index is 13.7. The molecule has 0 aromatic heterocycles. The van der Waals surface area contributed by atoms with Gasteiger partial charge in [0.15, 0.2) is 0 Å². The summed E-state index contributed by atoms with van der Waals surface area (Å²) in [5, 5.41) is 0. The van der Waals surface area contributed by atoms with Gasteiger partial charge in [0.05, 0.1) is 4.90 Å². The first-order valence-electron chi connectivity index (χ1n) is 11.2. The highest BCUT2D eigenvalue weighted by Gasteiger charge is 2.36. The highest BCUT2D eigenvalue weighted by Crippen LogP contribution is 2.36. The molecule has 1 aliphatic heterocycles. The van der Waals surface area contributed by atoms with Crippen LogP contribution in [0.1, 0.15) is 57.0 Å². The Labute approximate surface area is 189 Å². The Kier molecular flexibility index (Phi) is 6.34. The van der Waals surface area contributed by atoms with Crippen molar-refractivity contribution in [2.75, 3.05) is 24.5 Å². The molecule has 1 fully saturated rings. The molecule has 2 aromatic carbocycles. The van der Waals surface area contributed by atoms with Crippen LogP contribution >= 0.6 is 0 Å². The van der Waals surface area contributed by atoms with Crippen LogP contribution in [-0.4, -0.2) is 38.4 Å². The normalized spacial score (nSPS) is 18.0. The smallest absolute Gasteiger partial charge is 0.243 e. The monoisotopic (exact) mass is 442 g/mol. The fourth-order valence-electron chi connectivity index (χ4n) is 5.23. The maximum Gasteiger partial charge on any atom is 0.243 e. The van der Waals surface area contributed by atoms with Gasteiger partial charge < -0.3 is 4.90 Å². The van der Waals surface area contributed by atoms with Gasteiger partial charge in [0.1, 0.15) is 0 Å². The van der Waals surface area contributed by atoms with Crippen molar-refractivity contribution in [3.63, 3.8) is 0 Å². The van der Waals surface area contributed by atoms with Gasteiger partial charge in [-0.1, -0.05) is 6.07 Å². The standard InChI is InChI=1S/C26H38N2O2S/c1-15-13-16(2)26(24(10)18(15)4)31(29,30)28-12-11-27(14-17(28)3)25-22(8)20(6)19(5)21(7)23(25)9/h13,17H,11-12,14H2,1-10H3/t17-/m1/s1. The number of piperazine rings is 1. The van der Waals surface area contributed by atoms with Crippen LogP contribution in [0.25, 0.3) is 0 Å². The van der Waals surface area contributed by atoms with Crippen LogP contribution < -0.4 is 4.90 Å². The Morgan fingerprint density at radius 1 is 0.710 bits per heavy atom. The Hall–Kier alpha value is -1.85. The SMILES string of the molecule is Cc1cc(C)c(S(=O)(=O)N2CCN(c3c(C)c(C)c(C)c(C)c3C)C[C@H]2C)c(C)c1C. The first-order chi connectivity index (χ1) is 14.3. The van der Waals surface area contributed by atoms with E-state index in [9.17, 15) is 8.42 Å². The van der Waals surface area contributed by atoms with Gasteiger partial charge >= 0.3 is 0 Å². The molecule has 1 atom stereocenters. The summed E-state index contributed by atoms with van der Waals surface area (Å²) in [6.45, 7) is 22.8. The predicted molar refractivity (Wildman–Crippen MR) is 131 cm³/mol. The summed E-state index contributed by atoms with van der Waals surface area (Å²) in [5.74, 6) is 0. The Morgan fingerprint density at radius 2 is 1.23 bits per heavy atom. The van der Waals surface area contributed by atoms with Crippen molar-refractivity contribution >= 4 is 15.7 Å². The van der Waals surface area contributed by atoms with E-state index in [4.69, 9.17) is 0 Å². The summed E-state index contributed by atoms with van der Waals surface area (Å²) in [6.07, 6.45) is 0. The molecule has 0 spiro atoms. The zero-order chi connectivity index (χ0) is 23.4. The van der Waals surface area contributed by atoms with Crippen molar-refractivity contribution in [2.24, 2.45) is 0 Å². The van der Waals surface area contributed by atoms with E-state index in [0.717, 1.165) is 22.3 Å². The molecule has 0 aliphatic carbocycles. The van der Waals surface area contributed by atoms with E-state index in [2.05, 4.69) is 39.5 Å². The average Bonchev–Trinajstić information content (AvgIpc) is 2.69. The van der Waals surface area contributed by atoms with Crippen LogP contribution in [0, 0.1) is 62.3 Å². The minimum Gasteiger partial charge on any atom is -0.368 e. The van der Waals surface area contributed by atoms with Gasteiger partial charge in [0, 0.05) is 31.4 Å². The van der Waals surface area contributed by atoms with Crippen molar-refractivity contribution in [1.82, 2.24) is 4.31 Å². The Morgan fingerprint density at radius 3 is 1.74 bits per heavy atom. The van der Waals surface area contributed by atoms with Gasteiger partial charge in [-0.25, -0.2) is 8.42 Å². The fourth-order valence-corrected chi connectivity index (χ4v) is 7.33. The van der Waals surface area contributed by atoms with Crippen molar-refractivity contribution < 1.29 is 8.42 Å². The maximum absolute atomic E-state index is 13.7. The second-order valence-electron chi connectivity index (χ2n) is 9.47. The van der Waals surface area contributed by atoms with Crippen molar-refractivity contribution in [3.8, 4) is 0 Å². The lowest BCUT2D eigenvalue weighted by atomic mass is 9.92. The molecule has 4 nitrogen and oxygen atoms in total. The van der Waals surface area contributed by atoms with Crippen LogP contribution in [0.4, 0.5) is 5.69 Å². The second kappa shape index (κ2) is 8.25. The minimum absolute atomic E-state index is 0.0973. The zero-order valence-corrected chi connectivity index (χ0v) is 21.7. The zero-order valence-electron chi connectivity index (χ0n) is 20.9.